The lowest BCUT2D eigenvalue weighted by atomic mass is 9.90. The molecule has 3 aromatic rings. The molecule has 1 aliphatic heterocycles. The van der Waals surface area contributed by atoms with Gasteiger partial charge in [-0.05, 0) is 57.2 Å². The Bertz CT molecular complexity index is 1140. The Hall–Kier alpha value is -3.01. The van der Waals surface area contributed by atoms with Crippen LogP contribution in [0.2, 0.25) is 0 Å². The Labute approximate surface area is 176 Å². The third-order valence-electron chi connectivity index (χ3n) is 5.41. The van der Waals surface area contributed by atoms with E-state index in [2.05, 4.69) is 15.4 Å². The van der Waals surface area contributed by atoms with Crippen LogP contribution in [0.1, 0.15) is 51.5 Å². The highest BCUT2D eigenvalue weighted by Gasteiger charge is 2.31. The summed E-state index contributed by atoms with van der Waals surface area (Å²) in [5.41, 5.74) is 2.36. The highest BCUT2D eigenvalue weighted by Crippen LogP contribution is 2.37. The zero-order valence-electron chi connectivity index (χ0n) is 16.8. The van der Waals surface area contributed by atoms with Gasteiger partial charge in [0.25, 0.3) is 5.91 Å². The molecule has 1 aliphatic rings. The van der Waals surface area contributed by atoms with Crippen LogP contribution in [0, 0.1) is 19.7 Å². The van der Waals surface area contributed by atoms with Crippen molar-refractivity contribution in [1.82, 2.24) is 19.5 Å². The summed E-state index contributed by atoms with van der Waals surface area (Å²) in [6, 6.07) is 2.95. The summed E-state index contributed by atoms with van der Waals surface area (Å²) in [6.07, 6.45) is 2.03. The van der Waals surface area contributed by atoms with Crippen molar-refractivity contribution in [1.29, 1.82) is 0 Å². The fourth-order valence-electron chi connectivity index (χ4n) is 3.94. The number of nitrogens with one attached hydrogen (secondary N) is 1. The van der Waals surface area contributed by atoms with Crippen molar-refractivity contribution in [3.8, 4) is 0 Å². The number of anilines is 1. The summed E-state index contributed by atoms with van der Waals surface area (Å²) in [6.45, 7) is 5.97. The van der Waals surface area contributed by atoms with Crippen LogP contribution in [0.4, 0.5) is 15.0 Å². The fraction of sp³-hybridized carbons (Fsp3) is 0.400. The number of piperidine rings is 1. The lowest BCUT2D eigenvalue weighted by Gasteiger charge is -2.35. The number of amides is 2. The van der Waals surface area contributed by atoms with Gasteiger partial charge in [0.05, 0.1) is 11.9 Å². The average molecular weight is 431 g/mol. The van der Waals surface area contributed by atoms with Crippen molar-refractivity contribution in [2.45, 2.75) is 45.6 Å². The molecule has 8 nitrogen and oxygen atoms in total. The van der Waals surface area contributed by atoms with Crippen molar-refractivity contribution < 1.29 is 19.1 Å². The molecule has 0 aliphatic carbocycles. The first-order valence-electron chi connectivity index (χ1n) is 9.66. The van der Waals surface area contributed by atoms with Gasteiger partial charge in [0.1, 0.15) is 10.7 Å². The fourth-order valence-corrected chi connectivity index (χ4v) is 5.02. The molecule has 0 saturated carbocycles. The standard InChI is InChI=1S/C20H22FN5O3S/c1-10-6-16(24-26-9-11(2)22-18(10)26)23-19(27)17-14(21)8-15(30-17)13-4-5-25(20(28)29)12(3)7-13/h6,8-9,12-13H,4-5,7H2,1-3H3,(H,28,29)(H,23,24,27). The quantitative estimate of drug-likeness (QED) is 0.652. The monoisotopic (exact) mass is 431 g/mol. The number of fused-ring (bicyclic) bond motifs is 1. The number of carboxylic acid groups (broad SMARTS) is 1. The van der Waals surface area contributed by atoms with Gasteiger partial charge in [-0.15, -0.1) is 16.4 Å². The minimum absolute atomic E-state index is 0.000297. The van der Waals surface area contributed by atoms with E-state index in [1.54, 1.807) is 16.8 Å². The SMILES string of the molecule is Cc1cn2nc(NC(=O)c3sc(C4CCN(C(=O)O)C(C)C4)cc3F)cc(C)c2n1. The number of carbonyl (C=O) groups excluding carboxylic acids is 1. The minimum Gasteiger partial charge on any atom is -0.465 e. The first-order chi connectivity index (χ1) is 14.2. The first kappa shape index (κ1) is 20.3. The topological polar surface area (TPSA) is 99.8 Å². The van der Waals surface area contributed by atoms with Crippen LogP contribution in [-0.4, -0.2) is 49.2 Å². The number of nitrogens with zero attached hydrogens (tertiary/aromatic N) is 4. The molecule has 4 rings (SSSR count). The van der Waals surface area contributed by atoms with E-state index in [4.69, 9.17) is 0 Å². The van der Waals surface area contributed by atoms with Crippen molar-refractivity contribution >= 4 is 34.8 Å². The Morgan fingerprint density at radius 1 is 1.33 bits per heavy atom. The average Bonchev–Trinajstić information content (AvgIpc) is 3.24. The van der Waals surface area contributed by atoms with E-state index in [0.29, 0.717) is 30.9 Å². The maximum absolute atomic E-state index is 14.6. The lowest BCUT2D eigenvalue weighted by molar-refractivity contribution is 0.102. The van der Waals surface area contributed by atoms with Gasteiger partial charge in [-0.1, -0.05) is 0 Å². The van der Waals surface area contributed by atoms with Crippen LogP contribution in [0.5, 0.6) is 0 Å². The third-order valence-corrected chi connectivity index (χ3v) is 6.68. The minimum atomic E-state index is -0.939. The molecular weight excluding hydrogens is 409 g/mol. The molecule has 158 valence electrons. The van der Waals surface area contributed by atoms with Crippen LogP contribution in [0.15, 0.2) is 18.3 Å². The van der Waals surface area contributed by atoms with Crippen LogP contribution in [-0.2, 0) is 0 Å². The number of carbonyl (C=O) groups is 2. The summed E-state index contributed by atoms with van der Waals surface area (Å²) < 4.78 is 16.2. The molecule has 10 heteroatoms. The van der Waals surface area contributed by atoms with Crippen LogP contribution in [0.3, 0.4) is 0 Å². The molecule has 2 unspecified atom stereocenters. The van der Waals surface area contributed by atoms with E-state index in [9.17, 15) is 19.1 Å². The molecule has 2 amide bonds. The van der Waals surface area contributed by atoms with Crippen molar-refractivity contribution in [3.63, 3.8) is 0 Å². The Kier molecular flexibility index (Phi) is 5.19. The molecule has 30 heavy (non-hydrogen) atoms. The van der Waals surface area contributed by atoms with Crippen molar-refractivity contribution in [2.75, 3.05) is 11.9 Å². The summed E-state index contributed by atoms with van der Waals surface area (Å²) in [5, 5.41) is 16.2. The normalized spacial score (nSPS) is 19.3. The molecular formula is C20H22FN5O3S. The number of likely N-dealkylation sites (tertiary alicyclic amines) is 1. The number of thiophene rings is 1. The molecule has 2 N–H and O–H groups in total. The molecule has 0 aromatic carbocycles. The molecule has 0 spiro atoms. The van der Waals surface area contributed by atoms with Crippen LogP contribution < -0.4 is 5.32 Å². The second-order valence-electron chi connectivity index (χ2n) is 7.69. The number of hydrogen-bond acceptors (Lipinski definition) is 5. The maximum atomic E-state index is 14.6. The van der Waals surface area contributed by atoms with E-state index < -0.39 is 17.8 Å². The van der Waals surface area contributed by atoms with E-state index in [1.807, 2.05) is 20.8 Å². The van der Waals surface area contributed by atoms with Gasteiger partial charge >= 0.3 is 6.09 Å². The lowest BCUT2D eigenvalue weighted by Crippen LogP contribution is -2.43. The van der Waals surface area contributed by atoms with Gasteiger partial charge in [-0.3, -0.25) is 4.79 Å². The Morgan fingerprint density at radius 2 is 2.10 bits per heavy atom. The van der Waals surface area contributed by atoms with E-state index >= 15 is 0 Å². The summed E-state index contributed by atoms with van der Waals surface area (Å²) in [4.78, 5) is 30.5. The molecule has 1 fully saturated rings. The van der Waals surface area contributed by atoms with Crippen LogP contribution in [0.25, 0.3) is 5.65 Å². The molecule has 0 bridgehead atoms. The highest BCUT2D eigenvalue weighted by atomic mass is 32.1. The number of hydrogen-bond donors (Lipinski definition) is 2. The molecule has 1 saturated heterocycles. The van der Waals surface area contributed by atoms with E-state index in [1.165, 1.54) is 11.0 Å². The summed E-state index contributed by atoms with van der Waals surface area (Å²) in [5.74, 6) is -0.776. The first-order valence-corrected chi connectivity index (χ1v) is 10.5. The Morgan fingerprint density at radius 3 is 2.80 bits per heavy atom. The number of aromatic nitrogens is 3. The van der Waals surface area contributed by atoms with E-state index in [0.717, 1.165) is 27.5 Å². The number of aryl methyl sites for hydroxylation is 2. The van der Waals surface area contributed by atoms with Crippen molar-refractivity contribution in [2.24, 2.45) is 0 Å². The van der Waals surface area contributed by atoms with E-state index in [-0.39, 0.29) is 16.8 Å². The number of halogens is 1. The number of imidazole rings is 1. The predicted molar refractivity (Wildman–Crippen MR) is 111 cm³/mol. The predicted octanol–water partition coefficient (Wildman–Crippen LogP) is 4.04. The second-order valence-corrected chi connectivity index (χ2v) is 8.77. The zero-order valence-corrected chi connectivity index (χ0v) is 17.7. The molecule has 2 atom stereocenters. The van der Waals surface area contributed by atoms with Crippen LogP contribution >= 0.6 is 11.3 Å². The smallest absolute Gasteiger partial charge is 0.407 e. The van der Waals surface area contributed by atoms with Crippen molar-refractivity contribution in [3.05, 3.63) is 45.2 Å². The maximum Gasteiger partial charge on any atom is 0.407 e. The van der Waals surface area contributed by atoms with Gasteiger partial charge in [-0.2, -0.15) is 0 Å². The van der Waals surface area contributed by atoms with Gasteiger partial charge in [0.15, 0.2) is 11.5 Å². The molecule has 3 aromatic heterocycles. The van der Waals surface area contributed by atoms with Gasteiger partial charge < -0.3 is 15.3 Å². The number of rotatable bonds is 3. The van der Waals surface area contributed by atoms with Gasteiger partial charge in [-0.25, -0.2) is 18.7 Å². The van der Waals surface area contributed by atoms with Gasteiger partial charge in [0.2, 0.25) is 0 Å². The highest BCUT2D eigenvalue weighted by molar-refractivity contribution is 7.14. The Balaban J connectivity index is 1.52. The largest absolute Gasteiger partial charge is 0.465 e. The third kappa shape index (κ3) is 3.74. The van der Waals surface area contributed by atoms with Gasteiger partial charge in [0, 0.05) is 17.5 Å². The second kappa shape index (κ2) is 7.67. The zero-order chi connectivity index (χ0) is 21.6. The summed E-state index contributed by atoms with van der Waals surface area (Å²) in [7, 11) is 0. The molecule has 4 heterocycles. The summed E-state index contributed by atoms with van der Waals surface area (Å²) >= 11 is 1.12. The molecule has 0 radical (unpaired) electrons.